The van der Waals surface area contributed by atoms with E-state index in [1.165, 1.54) is 11.1 Å². The number of para-hydroxylation sites is 1. The number of hydrogen-bond acceptors (Lipinski definition) is 2. The highest BCUT2D eigenvalue weighted by Crippen LogP contribution is 2.25. The predicted octanol–water partition coefficient (Wildman–Crippen LogP) is 4.99. The van der Waals surface area contributed by atoms with Gasteiger partial charge in [0.1, 0.15) is 5.75 Å². The fraction of sp³-hybridized carbons (Fsp3) is 0.350. The van der Waals surface area contributed by atoms with Crippen molar-refractivity contribution < 1.29 is 9.53 Å². The van der Waals surface area contributed by atoms with Crippen LogP contribution in [0.2, 0.25) is 5.02 Å². The average Bonchev–Trinajstić information content (AvgIpc) is 2.53. The van der Waals surface area contributed by atoms with E-state index in [1.807, 2.05) is 26.0 Å². The number of benzene rings is 2. The third-order valence-electron chi connectivity index (χ3n) is 4.02. The molecule has 0 fully saturated rings. The van der Waals surface area contributed by atoms with Gasteiger partial charge >= 0.3 is 0 Å². The molecule has 2 aromatic carbocycles. The van der Waals surface area contributed by atoms with E-state index in [0.29, 0.717) is 17.2 Å². The van der Waals surface area contributed by atoms with Crippen molar-refractivity contribution in [3.8, 4) is 5.75 Å². The molecule has 128 valence electrons. The van der Waals surface area contributed by atoms with Crippen LogP contribution in [0.1, 0.15) is 43.0 Å². The molecule has 0 saturated heterocycles. The molecule has 0 heterocycles. The van der Waals surface area contributed by atoms with Crippen LogP contribution in [0.5, 0.6) is 5.75 Å². The minimum atomic E-state index is -0.571. The topological polar surface area (TPSA) is 38.3 Å². The van der Waals surface area contributed by atoms with E-state index < -0.39 is 6.10 Å². The van der Waals surface area contributed by atoms with E-state index in [4.69, 9.17) is 16.3 Å². The van der Waals surface area contributed by atoms with Gasteiger partial charge in [0.2, 0.25) is 0 Å². The highest BCUT2D eigenvalue weighted by Gasteiger charge is 2.22. The van der Waals surface area contributed by atoms with Crippen LogP contribution in [-0.2, 0) is 4.79 Å². The van der Waals surface area contributed by atoms with E-state index in [0.717, 1.165) is 5.56 Å². The summed E-state index contributed by atoms with van der Waals surface area (Å²) >= 11 is 6.11. The molecule has 2 aromatic rings. The standard InChI is InChI=1S/C20H24ClNO2/c1-5-18(24-19-9-7-6-8-17(19)21)20(23)22-15(4)16-11-10-13(2)12-14(16)3/h6-12,15,18H,5H2,1-4H3,(H,22,23)/t15-,18-/m0/s1. The second-order valence-corrected chi connectivity index (χ2v) is 6.44. The lowest BCUT2D eigenvalue weighted by Gasteiger charge is -2.22. The van der Waals surface area contributed by atoms with Crippen molar-refractivity contribution in [3.63, 3.8) is 0 Å². The summed E-state index contributed by atoms with van der Waals surface area (Å²) in [6, 6.07) is 13.3. The molecule has 0 bridgehead atoms. The van der Waals surface area contributed by atoms with Crippen molar-refractivity contribution in [3.05, 3.63) is 64.2 Å². The van der Waals surface area contributed by atoms with Crippen LogP contribution < -0.4 is 10.1 Å². The molecule has 0 aliphatic rings. The van der Waals surface area contributed by atoms with Crippen LogP contribution >= 0.6 is 11.6 Å². The van der Waals surface area contributed by atoms with Crippen molar-refractivity contribution in [2.24, 2.45) is 0 Å². The Balaban J connectivity index is 2.07. The summed E-state index contributed by atoms with van der Waals surface area (Å²) in [5.41, 5.74) is 3.49. The molecule has 4 heteroatoms. The summed E-state index contributed by atoms with van der Waals surface area (Å²) in [6.07, 6.45) is -0.00507. The molecule has 0 aliphatic carbocycles. The first-order valence-electron chi connectivity index (χ1n) is 8.21. The van der Waals surface area contributed by atoms with Gasteiger partial charge in [0.25, 0.3) is 5.91 Å². The van der Waals surface area contributed by atoms with Crippen LogP contribution in [0.4, 0.5) is 0 Å². The van der Waals surface area contributed by atoms with Gasteiger partial charge in [-0.1, -0.05) is 54.4 Å². The third-order valence-corrected chi connectivity index (χ3v) is 4.33. The molecule has 0 spiro atoms. The molecular weight excluding hydrogens is 322 g/mol. The number of carbonyl (C=O) groups excluding carboxylic acids is 1. The van der Waals surface area contributed by atoms with E-state index >= 15 is 0 Å². The second-order valence-electron chi connectivity index (χ2n) is 6.04. The highest BCUT2D eigenvalue weighted by atomic mass is 35.5. The normalized spacial score (nSPS) is 13.2. The third kappa shape index (κ3) is 4.51. The lowest BCUT2D eigenvalue weighted by molar-refractivity contribution is -0.128. The molecule has 1 amide bonds. The van der Waals surface area contributed by atoms with Crippen molar-refractivity contribution in [2.45, 2.75) is 46.3 Å². The molecule has 0 aliphatic heterocycles. The Morgan fingerprint density at radius 3 is 2.54 bits per heavy atom. The van der Waals surface area contributed by atoms with E-state index in [-0.39, 0.29) is 11.9 Å². The SMILES string of the molecule is CC[C@H](Oc1ccccc1Cl)C(=O)N[C@@H](C)c1ccc(C)cc1C. The molecular formula is C20H24ClNO2. The van der Waals surface area contributed by atoms with Gasteiger partial charge < -0.3 is 10.1 Å². The van der Waals surface area contributed by atoms with E-state index in [1.54, 1.807) is 12.1 Å². The first kappa shape index (κ1) is 18.3. The number of ether oxygens (including phenoxy) is 1. The van der Waals surface area contributed by atoms with Crippen molar-refractivity contribution in [1.82, 2.24) is 5.32 Å². The maximum absolute atomic E-state index is 12.6. The van der Waals surface area contributed by atoms with Gasteiger partial charge in [-0.25, -0.2) is 0 Å². The quantitative estimate of drug-likeness (QED) is 0.800. The van der Waals surface area contributed by atoms with Gasteiger partial charge in [-0.2, -0.15) is 0 Å². The lowest BCUT2D eigenvalue weighted by atomic mass is 10.00. The molecule has 0 radical (unpaired) electrons. The monoisotopic (exact) mass is 345 g/mol. The van der Waals surface area contributed by atoms with Gasteiger partial charge in [0, 0.05) is 0 Å². The fourth-order valence-corrected chi connectivity index (χ4v) is 2.89. The zero-order valence-electron chi connectivity index (χ0n) is 14.6. The molecule has 0 aromatic heterocycles. The van der Waals surface area contributed by atoms with Crippen LogP contribution in [0, 0.1) is 13.8 Å². The zero-order chi connectivity index (χ0) is 17.7. The van der Waals surface area contributed by atoms with E-state index in [9.17, 15) is 4.79 Å². The summed E-state index contributed by atoms with van der Waals surface area (Å²) in [6.45, 7) is 8.02. The Bertz CT molecular complexity index is 715. The Morgan fingerprint density at radius 1 is 1.21 bits per heavy atom. The maximum Gasteiger partial charge on any atom is 0.261 e. The minimum absolute atomic E-state index is 0.0815. The molecule has 3 nitrogen and oxygen atoms in total. The molecule has 1 N–H and O–H groups in total. The van der Waals surface area contributed by atoms with Gasteiger partial charge in [0.15, 0.2) is 6.10 Å². The number of hydrogen-bond donors (Lipinski definition) is 1. The van der Waals surface area contributed by atoms with Crippen molar-refractivity contribution in [1.29, 1.82) is 0 Å². The molecule has 0 unspecified atom stereocenters. The van der Waals surface area contributed by atoms with E-state index in [2.05, 4.69) is 37.4 Å². The van der Waals surface area contributed by atoms with Crippen LogP contribution in [0.25, 0.3) is 0 Å². The number of amides is 1. The summed E-state index contributed by atoms with van der Waals surface area (Å²) in [5.74, 6) is 0.394. The Morgan fingerprint density at radius 2 is 1.92 bits per heavy atom. The number of aryl methyl sites for hydroxylation is 2. The van der Waals surface area contributed by atoms with Gasteiger partial charge in [-0.05, 0) is 50.5 Å². The first-order chi connectivity index (χ1) is 11.4. The first-order valence-corrected chi connectivity index (χ1v) is 8.59. The Kier molecular flexibility index (Phi) is 6.27. The largest absolute Gasteiger partial charge is 0.479 e. The van der Waals surface area contributed by atoms with Gasteiger partial charge in [-0.3, -0.25) is 4.79 Å². The zero-order valence-corrected chi connectivity index (χ0v) is 15.4. The molecule has 24 heavy (non-hydrogen) atoms. The molecule has 2 atom stereocenters. The molecule has 0 saturated carbocycles. The van der Waals surface area contributed by atoms with Crippen LogP contribution in [0.15, 0.2) is 42.5 Å². The number of rotatable bonds is 6. The number of nitrogens with one attached hydrogen (secondary N) is 1. The fourth-order valence-electron chi connectivity index (χ4n) is 2.71. The Labute approximate surface area is 149 Å². The predicted molar refractivity (Wildman–Crippen MR) is 98.6 cm³/mol. The Hall–Kier alpha value is -2.00. The second kappa shape index (κ2) is 8.20. The van der Waals surface area contributed by atoms with Crippen LogP contribution in [-0.4, -0.2) is 12.0 Å². The smallest absolute Gasteiger partial charge is 0.261 e. The lowest BCUT2D eigenvalue weighted by Crippen LogP contribution is -2.39. The van der Waals surface area contributed by atoms with Gasteiger partial charge in [0.05, 0.1) is 11.1 Å². The van der Waals surface area contributed by atoms with Gasteiger partial charge in [-0.15, -0.1) is 0 Å². The summed E-state index contributed by atoms with van der Waals surface area (Å²) in [4.78, 5) is 12.6. The number of halogens is 1. The molecule has 2 rings (SSSR count). The summed E-state index contributed by atoms with van der Waals surface area (Å²) in [7, 11) is 0. The van der Waals surface area contributed by atoms with Crippen molar-refractivity contribution in [2.75, 3.05) is 0 Å². The van der Waals surface area contributed by atoms with Crippen molar-refractivity contribution >= 4 is 17.5 Å². The van der Waals surface area contributed by atoms with Crippen LogP contribution in [0.3, 0.4) is 0 Å². The maximum atomic E-state index is 12.6. The average molecular weight is 346 g/mol. The summed E-state index contributed by atoms with van der Waals surface area (Å²) < 4.78 is 5.80. The number of carbonyl (C=O) groups is 1. The summed E-state index contributed by atoms with van der Waals surface area (Å²) in [5, 5.41) is 3.55. The highest BCUT2D eigenvalue weighted by molar-refractivity contribution is 6.32. The minimum Gasteiger partial charge on any atom is -0.479 e.